The lowest BCUT2D eigenvalue weighted by molar-refractivity contribution is 0.0253. The smallest absolute Gasteiger partial charge is 0.0895 e. The van der Waals surface area contributed by atoms with E-state index in [9.17, 15) is 0 Å². The molecule has 17 heavy (non-hydrogen) atoms. The van der Waals surface area contributed by atoms with Gasteiger partial charge in [0.15, 0.2) is 0 Å². The van der Waals surface area contributed by atoms with Crippen LogP contribution < -0.4 is 5.32 Å². The number of nitrogens with one attached hydrogen (secondary N) is 1. The van der Waals surface area contributed by atoms with E-state index in [0.29, 0.717) is 12.1 Å². The van der Waals surface area contributed by atoms with Crippen molar-refractivity contribution in [3.8, 4) is 0 Å². The second kappa shape index (κ2) is 7.59. The molecule has 2 rings (SSSR count). The zero-order valence-corrected chi connectivity index (χ0v) is 10.5. The van der Waals surface area contributed by atoms with Crippen LogP contribution in [0.25, 0.3) is 0 Å². The summed E-state index contributed by atoms with van der Waals surface area (Å²) in [6.07, 6.45) is 7.74. The van der Waals surface area contributed by atoms with Gasteiger partial charge >= 0.3 is 0 Å². The molecule has 1 N–H and O–H groups in total. The third-order valence-electron chi connectivity index (χ3n) is 3.45. The van der Waals surface area contributed by atoms with E-state index in [1.165, 1.54) is 32.1 Å². The highest BCUT2D eigenvalue weighted by molar-refractivity contribution is 5.41. The average molecular weight is 237 g/mol. The summed E-state index contributed by atoms with van der Waals surface area (Å²) < 4.78 is 5.59. The van der Waals surface area contributed by atoms with E-state index >= 15 is 0 Å². The number of rotatable bonds is 4. The molecule has 1 aliphatic heterocycles. The molecule has 0 aromatic carbocycles. The lowest BCUT2D eigenvalue weighted by Gasteiger charge is -2.22. The SMILES string of the molecule is C(=NCCC1CNCCO1)=NC1CCCCC1. The molecular formula is C13H23N3O. The van der Waals surface area contributed by atoms with Gasteiger partial charge in [-0.3, -0.25) is 0 Å². The Balaban J connectivity index is 1.61. The number of morpholine rings is 1. The zero-order valence-electron chi connectivity index (χ0n) is 10.5. The molecule has 0 aromatic rings. The van der Waals surface area contributed by atoms with Crippen LogP contribution >= 0.6 is 0 Å². The van der Waals surface area contributed by atoms with Crippen LogP contribution in [0.5, 0.6) is 0 Å². The fraction of sp³-hybridized carbons (Fsp3) is 0.923. The van der Waals surface area contributed by atoms with Gasteiger partial charge in [-0.1, -0.05) is 19.3 Å². The first kappa shape index (κ1) is 12.7. The fourth-order valence-electron chi connectivity index (χ4n) is 2.40. The Hall–Kier alpha value is -0.700. The maximum absolute atomic E-state index is 5.59. The summed E-state index contributed by atoms with van der Waals surface area (Å²) in [4.78, 5) is 8.63. The zero-order chi connectivity index (χ0) is 11.8. The van der Waals surface area contributed by atoms with Crippen molar-refractivity contribution in [2.45, 2.75) is 50.7 Å². The largest absolute Gasteiger partial charge is 0.376 e. The van der Waals surface area contributed by atoms with Crippen LogP contribution in [-0.2, 0) is 4.74 Å². The van der Waals surface area contributed by atoms with E-state index in [1.807, 2.05) is 0 Å². The van der Waals surface area contributed by atoms with Crippen LogP contribution in [0, 0.1) is 0 Å². The summed E-state index contributed by atoms with van der Waals surface area (Å²) in [6, 6.07) is 3.35. The van der Waals surface area contributed by atoms with E-state index in [1.54, 1.807) is 0 Å². The second-order valence-corrected chi connectivity index (χ2v) is 4.89. The van der Waals surface area contributed by atoms with E-state index in [0.717, 1.165) is 32.7 Å². The molecule has 1 aliphatic carbocycles. The van der Waals surface area contributed by atoms with Crippen LogP contribution in [0.1, 0.15) is 38.5 Å². The highest BCUT2D eigenvalue weighted by Crippen LogP contribution is 2.19. The lowest BCUT2D eigenvalue weighted by Crippen LogP contribution is -2.38. The third-order valence-corrected chi connectivity index (χ3v) is 3.45. The average Bonchev–Trinajstić information content (AvgIpc) is 2.41. The van der Waals surface area contributed by atoms with Crippen molar-refractivity contribution in [3.63, 3.8) is 0 Å². The molecule has 1 atom stereocenters. The Bertz CT molecular complexity index is 262. The molecule has 96 valence electrons. The molecule has 4 nitrogen and oxygen atoms in total. The van der Waals surface area contributed by atoms with Gasteiger partial charge in [0.1, 0.15) is 0 Å². The lowest BCUT2D eigenvalue weighted by atomic mass is 9.96. The summed E-state index contributed by atoms with van der Waals surface area (Å²) in [7, 11) is 0. The first-order valence-electron chi connectivity index (χ1n) is 6.89. The monoisotopic (exact) mass is 237 g/mol. The Labute approximate surface area is 104 Å². The van der Waals surface area contributed by atoms with E-state index < -0.39 is 0 Å². The number of ether oxygens (including phenoxy) is 1. The van der Waals surface area contributed by atoms with Crippen molar-refractivity contribution >= 4 is 6.01 Å². The molecule has 1 saturated carbocycles. The van der Waals surface area contributed by atoms with Crippen LogP contribution in [0.4, 0.5) is 0 Å². The molecule has 0 amide bonds. The molecule has 2 aliphatic rings. The van der Waals surface area contributed by atoms with Gasteiger partial charge in [-0.05, 0) is 19.3 Å². The number of aliphatic imine (C=N–C) groups is 2. The predicted octanol–water partition coefficient (Wildman–Crippen LogP) is 1.87. The van der Waals surface area contributed by atoms with Crippen molar-refractivity contribution < 1.29 is 4.74 Å². The number of nitrogens with zero attached hydrogens (tertiary/aromatic N) is 2. The Kier molecular flexibility index (Phi) is 5.69. The Morgan fingerprint density at radius 1 is 1.24 bits per heavy atom. The minimum atomic E-state index is 0.323. The van der Waals surface area contributed by atoms with Crippen LogP contribution in [0.15, 0.2) is 9.98 Å². The molecule has 0 aromatic heterocycles. The van der Waals surface area contributed by atoms with Gasteiger partial charge in [0, 0.05) is 13.1 Å². The van der Waals surface area contributed by atoms with E-state index in [4.69, 9.17) is 4.74 Å². The van der Waals surface area contributed by atoms with Gasteiger partial charge in [-0.2, -0.15) is 0 Å². The highest BCUT2D eigenvalue weighted by Gasteiger charge is 2.12. The molecule has 0 spiro atoms. The van der Waals surface area contributed by atoms with Crippen molar-refractivity contribution in [2.75, 3.05) is 26.2 Å². The summed E-state index contributed by atoms with van der Waals surface area (Å²) >= 11 is 0. The minimum absolute atomic E-state index is 0.323. The molecule has 0 bridgehead atoms. The van der Waals surface area contributed by atoms with Crippen LogP contribution in [0.2, 0.25) is 0 Å². The van der Waals surface area contributed by atoms with E-state index in [2.05, 4.69) is 21.3 Å². The predicted molar refractivity (Wildman–Crippen MR) is 68.8 cm³/mol. The molecule has 1 saturated heterocycles. The van der Waals surface area contributed by atoms with Gasteiger partial charge in [-0.25, -0.2) is 9.98 Å². The van der Waals surface area contributed by atoms with Gasteiger partial charge < -0.3 is 10.1 Å². The standard InChI is InChI=1S/C13H23N3O/c1-2-4-12(5-3-1)16-11-15-7-6-13-10-14-8-9-17-13/h12-14H,1-10H2. The van der Waals surface area contributed by atoms with Gasteiger partial charge in [-0.15, -0.1) is 0 Å². The normalized spacial score (nSPS) is 26.2. The van der Waals surface area contributed by atoms with Gasteiger partial charge in [0.2, 0.25) is 0 Å². The highest BCUT2D eigenvalue weighted by atomic mass is 16.5. The summed E-state index contributed by atoms with van der Waals surface area (Å²) in [5, 5.41) is 3.32. The molecule has 4 heteroatoms. The molecule has 1 unspecified atom stereocenters. The summed E-state index contributed by atoms with van der Waals surface area (Å²) in [6.45, 7) is 3.53. The maximum Gasteiger partial charge on any atom is 0.0895 e. The van der Waals surface area contributed by atoms with E-state index in [-0.39, 0.29) is 0 Å². The second-order valence-electron chi connectivity index (χ2n) is 4.89. The quantitative estimate of drug-likeness (QED) is 0.759. The Morgan fingerprint density at radius 2 is 2.12 bits per heavy atom. The van der Waals surface area contributed by atoms with Crippen molar-refractivity contribution in [1.82, 2.24) is 5.32 Å². The topological polar surface area (TPSA) is 46.0 Å². The van der Waals surface area contributed by atoms with Crippen LogP contribution in [0.3, 0.4) is 0 Å². The first-order chi connectivity index (χ1) is 8.45. The maximum atomic E-state index is 5.59. The third kappa shape index (κ3) is 4.99. The first-order valence-corrected chi connectivity index (χ1v) is 6.89. The van der Waals surface area contributed by atoms with Gasteiger partial charge in [0.25, 0.3) is 0 Å². The fourth-order valence-corrected chi connectivity index (χ4v) is 2.40. The van der Waals surface area contributed by atoms with Crippen molar-refractivity contribution in [3.05, 3.63) is 0 Å². The number of hydrogen-bond acceptors (Lipinski definition) is 4. The van der Waals surface area contributed by atoms with Crippen molar-refractivity contribution in [1.29, 1.82) is 0 Å². The minimum Gasteiger partial charge on any atom is -0.376 e. The van der Waals surface area contributed by atoms with Gasteiger partial charge in [0.05, 0.1) is 31.3 Å². The molecule has 2 fully saturated rings. The molecular weight excluding hydrogens is 214 g/mol. The number of hydrogen-bond donors (Lipinski definition) is 1. The summed E-state index contributed by atoms with van der Waals surface area (Å²) in [5.41, 5.74) is 0. The molecule has 0 radical (unpaired) electrons. The molecule has 1 heterocycles. The summed E-state index contributed by atoms with van der Waals surface area (Å²) in [5.74, 6) is 0. The Morgan fingerprint density at radius 3 is 2.88 bits per heavy atom. The van der Waals surface area contributed by atoms with Crippen molar-refractivity contribution in [2.24, 2.45) is 9.98 Å². The van der Waals surface area contributed by atoms with Crippen LogP contribution in [-0.4, -0.2) is 44.4 Å².